The maximum atomic E-state index is 10.5. The van der Waals surface area contributed by atoms with Crippen molar-refractivity contribution in [3.8, 4) is 0 Å². The van der Waals surface area contributed by atoms with E-state index in [4.69, 9.17) is 0 Å². The zero-order valence-electron chi connectivity index (χ0n) is 14.6. The monoisotopic (exact) mass is 303 g/mol. The van der Waals surface area contributed by atoms with Crippen LogP contribution in [-0.4, -0.2) is 24.0 Å². The van der Waals surface area contributed by atoms with E-state index in [-0.39, 0.29) is 11.5 Å². The van der Waals surface area contributed by atoms with E-state index >= 15 is 0 Å². The number of hydrogen-bond acceptors (Lipinski definition) is 2. The minimum atomic E-state index is -0.0332. The molecule has 2 nitrogen and oxygen atoms in total. The Morgan fingerprint density at radius 1 is 0.955 bits per heavy atom. The van der Waals surface area contributed by atoms with Crippen LogP contribution in [-0.2, 0) is 0 Å². The molecule has 4 saturated carbocycles. The Bertz CT molecular complexity index is 486. The average molecular weight is 303 g/mol. The number of aliphatic hydroxyl groups is 1. The number of nitrogens with zero attached hydrogens (tertiary/aromatic N) is 1. The van der Waals surface area contributed by atoms with Crippen molar-refractivity contribution in [2.45, 2.75) is 77.7 Å². The van der Waals surface area contributed by atoms with Gasteiger partial charge < -0.3 is 5.11 Å². The second-order valence-electron chi connectivity index (χ2n) is 9.29. The molecule has 0 saturated heterocycles. The van der Waals surface area contributed by atoms with Crippen LogP contribution in [0, 0.1) is 34.5 Å². The number of aliphatic imine (C=N–C) groups is 1. The van der Waals surface area contributed by atoms with E-state index in [1.165, 1.54) is 57.1 Å². The van der Waals surface area contributed by atoms with Crippen molar-refractivity contribution in [2.24, 2.45) is 39.5 Å². The topological polar surface area (TPSA) is 32.6 Å². The average Bonchev–Trinajstić information content (AvgIpc) is 2.82. The predicted molar refractivity (Wildman–Crippen MR) is 91.1 cm³/mol. The van der Waals surface area contributed by atoms with Gasteiger partial charge in [-0.25, -0.2) is 0 Å². The molecule has 0 bridgehead atoms. The van der Waals surface area contributed by atoms with Gasteiger partial charge in [0.1, 0.15) is 0 Å². The number of aliphatic hydroxyl groups excluding tert-OH is 1. The molecule has 0 heterocycles. The van der Waals surface area contributed by atoms with E-state index < -0.39 is 0 Å². The summed E-state index contributed by atoms with van der Waals surface area (Å²) in [4.78, 5) is 4.53. The van der Waals surface area contributed by atoms with Crippen LogP contribution in [0.2, 0.25) is 0 Å². The third kappa shape index (κ3) is 1.92. The van der Waals surface area contributed by atoms with Crippen LogP contribution in [0.15, 0.2) is 4.99 Å². The second-order valence-corrected chi connectivity index (χ2v) is 9.29. The van der Waals surface area contributed by atoms with Crippen LogP contribution < -0.4 is 0 Å². The number of rotatable bonds is 0. The molecule has 7 atom stereocenters. The molecule has 0 amide bonds. The van der Waals surface area contributed by atoms with Gasteiger partial charge in [-0.1, -0.05) is 13.8 Å². The van der Waals surface area contributed by atoms with Crippen LogP contribution in [0.1, 0.15) is 71.6 Å². The van der Waals surface area contributed by atoms with Crippen LogP contribution >= 0.6 is 0 Å². The summed E-state index contributed by atoms with van der Waals surface area (Å²) in [5.74, 6) is 3.46. The molecule has 1 N–H and O–H groups in total. The first-order valence-corrected chi connectivity index (χ1v) is 9.61. The molecular weight excluding hydrogens is 270 g/mol. The van der Waals surface area contributed by atoms with Gasteiger partial charge in [0.05, 0.1) is 6.10 Å². The van der Waals surface area contributed by atoms with Gasteiger partial charge >= 0.3 is 0 Å². The van der Waals surface area contributed by atoms with Crippen LogP contribution in [0.5, 0.6) is 0 Å². The zero-order valence-corrected chi connectivity index (χ0v) is 14.6. The number of fused-ring (bicyclic) bond motifs is 5. The van der Waals surface area contributed by atoms with Gasteiger partial charge in [0, 0.05) is 12.8 Å². The molecule has 0 aromatic heterocycles. The fraction of sp³-hybridized carbons (Fsp3) is 0.950. The summed E-state index contributed by atoms with van der Waals surface area (Å²) in [5.41, 5.74) is 2.25. The van der Waals surface area contributed by atoms with E-state index in [9.17, 15) is 5.11 Å². The Morgan fingerprint density at radius 2 is 1.73 bits per heavy atom. The Balaban J connectivity index is 1.62. The van der Waals surface area contributed by atoms with Gasteiger partial charge in [-0.15, -0.1) is 0 Å². The molecule has 0 spiro atoms. The third-order valence-electron chi connectivity index (χ3n) is 8.77. The molecule has 0 radical (unpaired) electrons. The SMILES string of the molecule is CN=C1CC[C@@]2(C)C(CCC3C2CC[C@@]2(C)C3CC[C@@H]2O)C1. The summed E-state index contributed by atoms with van der Waals surface area (Å²) < 4.78 is 0. The first kappa shape index (κ1) is 15.2. The first-order valence-electron chi connectivity index (χ1n) is 9.61. The standard InChI is InChI=1S/C20H33NO/c1-19-10-8-14(21-3)12-13(19)4-5-15-16-6-7-18(22)20(16,2)11-9-17(15)19/h13,15-18,22H,4-12H2,1-3H3/t13?,15?,16?,17?,18-,19-,20-/m0/s1. The normalized spacial score (nSPS) is 56.4. The molecule has 4 unspecified atom stereocenters. The van der Waals surface area contributed by atoms with E-state index in [0.29, 0.717) is 5.41 Å². The summed E-state index contributed by atoms with van der Waals surface area (Å²) in [6.45, 7) is 5.00. The van der Waals surface area contributed by atoms with Crippen LogP contribution in [0.3, 0.4) is 0 Å². The lowest BCUT2D eigenvalue weighted by molar-refractivity contribution is -0.112. The van der Waals surface area contributed by atoms with E-state index in [0.717, 1.165) is 30.1 Å². The molecule has 4 aliphatic carbocycles. The number of hydrogen-bond donors (Lipinski definition) is 1. The first-order chi connectivity index (χ1) is 10.5. The molecule has 0 aliphatic heterocycles. The molecule has 4 fully saturated rings. The van der Waals surface area contributed by atoms with Crippen molar-refractivity contribution in [3.63, 3.8) is 0 Å². The molecule has 2 heteroatoms. The second kappa shape index (κ2) is 5.06. The summed E-state index contributed by atoms with van der Waals surface area (Å²) >= 11 is 0. The lowest BCUT2D eigenvalue weighted by Gasteiger charge is -2.60. The largest absolute Gasteiger partial charge is 0.393 e. The van der Waals surface area contributed by atoms with Gasteiger partial charge in [-0.2, -0.15) is 0 Å². The molecule has 0 aromatic rings. The minimum Gasteiger partial charge on any atom is -0.393 e. The summed E-state index contributed by atoms with van der Waals surface area (Å²) in [6, 6.07) is 0. The fourth-order valence-electron chi connectivity index (χ4n) is 7.24. The van der Waals surface area contributed by atoms with Gasteiger partial charge in [0.2, 0.25) is 0 Å². The highest BCUT2D eigenvalue weighted by Crippen LogP contribution is 2.65. The quantitative estimate of drug-likeness (QED) is 0.704. The van der Waals surface area contributed by atoms with Crippen LogP contribution in [0.4, 0.5) is 0 Å². The van der Waals surface area contributed by atoms with E-state index in [1.54, 1.807) is 0 Å². The predicted octanol–water partition coefficient (Wildman–Crippen LogP) is 4.46. The Morgan fingerprint density at radius 3 is 2.50 bits per heavy atom. The van der Waals surface area contributed by atoms with Crippen molar-refractivity contribution in [1.29, 1.82) is 0 Å². The minimum absolute atomic E-state index is 0.0332. The Hall–Kier alpha value is -0.370. The maximum absolute atomic E-state index is 10.5. The highest BCUT2D eigenvalue weighted by atomic mass is 16.3. The van der Waals surface area contributed by atoms with Gasteiger partial charge in [-0.3, -0.25) is 4.99 Å². The lowest BCUT2D eigenvalue weighted by atomic mass is 9.45. The molecule has 4 rings (SSSR count). The van der Waals surface area contributed by atoms with Crippen molar-refractivity contribution >= 4 is 5.71 Å². The molecular formula is C20H33NO. The fourth-order valence-corrected chi connectivity index (χ4v) is 7.24. The maximum Gasteiger partial charge on any atom is 0.0596 e. The smallest absolute Gasteiger partial charge is 0.0596 e. The van der Waals surface area contributed by atoms with E-state index in [2.05, 4.69) is 18.8 Å². The van der Waals surface area contributed by atoms with Gasteiger partial charge in [0.25, 0.3) is 0 Å². The zero-order chi connectivity index (χ0) is 15.5. The highest BCUT2D eigenvalue weighted by Gasteiger charge is 2.59. The van der Waals surface area contributed by atoms with Crippen molar-refractivity contribution in [3.05, 3.63) is 0 Å². The highest BCUT2D eigenvalue weighted by molar-refractivity contribution is 5.85. The van der Waals surface area contributed by atoms with Gasteiger partial charge in [-0.05, 0) is 92.3 Å². The van der Waals surface area contributed by atoms with Gasteiger partial charge in [0.15, 0.2) is 0 Å². The Labute approximate surface area is 135 Å². The van der Waals surface area contributed by atoms with Crippen molar-refractivity contribution in [1.82, 2.24) is 0 Å². The Kier molecular flexibility index (Phi) is 3.49. The molecule has 0 aromatic carbocycles. The molecule has 4 aliphatic rings. The summed E-state index contributed by atoms with van der Waals surface area (Å²) in [6.07, 6.45) is 11.6. The molecule has 22 heavy (non-hydrogen) atoms. The van der Waals surface area contributed by atoms with Crippen molar-refractivity contribution < 1.29 is 5.11 Å². The van der Waals surface area contributed by atoms with Crippen molar-refractivity contribution in [2.75, 3.05) is 7.05 Å². The van der Waals surface area contributed by atoms with E-state index in [1.807, 2.05) is 7.05 Å². The summed E-state index contributed by atoms with van der Waals surface area (Å²) in [7, 11) is 1.98. The van der Waals surface area contributed by atoms with Crippen LogP contribution in [0.25, 0.3) is 0 Å². The summed E-state index contributed by atoms with van der Waals surface area (Å²) in [5, 5.41) is 10.5. The third-order valence-corrected chi connectivity index (χ3v) is 8.77. The molecule has 124 valence electrons. The lowest BCUT2D eigenvalue weighted by Crippen LogP contribution is -2.54.